The largest absolute Gasteiger partial charge is 0.337 e. The zero-order chi connectivity index (χ0) is 10.4. The van der Waals surface area contributed by atoms with E-state index in [4.69, 9.17) is 0 Å². The van der Waals surface area contributed by atoms with Gasteiger partial charge in [-0.05, 0) is 12.8 Å². The first-order valence-corrected chi connectivity index (χ1v) is 5.06. The van der Waals surface area contributed by atoms with Crippen LogP contribution >= 0.6 is 0 Å². The van der Waals surface area contributed by atoms with Crippen LogP contribution in [0.4, 0.5) is 0 Å². The van der Waals surface area contributed by atoms with Crippen LogP contribution in [0, 0.1) is 5.41 Å². The number of imidazole rings is 1. The normalized spacial score (nSPS) is 11.6. The first-order valence-electron chi connectivity index (χ1n) is 5.06. The molecule has 78 valence electrons. The predicted octanol–water partition coefficient (Wildman–Crippen LogP) is 2.28. The van der Waals surface area contributed by atoms with Crippen molar-refractivity contribution in [3.63, 3.8) is 0 Å². The summed E-state index contributed by atoms with van der Waals surface area (Å²) in [4.78, 5) is 14.6. The van der Waals surface area contributed by atoms with Crippen LogP contribution in [0.15, 0.2) is 18.7 Å². The highest BCUT2D eigenvalue weighted by atomic mass is 16.1. The van der Waals surface area contributed by atoms with Gasteiger partial charge in [-0.3, -0.25) is 0 Å². The van der Waals surface area contributed by atoms with E-state index in [9.17, 15) is 4.79 Å². The van der Waals surface area contributed by atoms with Gasteiger partial charge in [0.05, 0.1) is 6.33 Å². The molecule has 0 aliphatic rings. The second-order valence-electron chi connectivity index (χ2n) is 4.36. The Balaban J connectivity index is 2.14. The Morgan fingerprint density at radius 3 is 2.79 bits per heavy atom. The Kier molecular flexibility index (Phi) is 3.86. The Morgan fingerprint density at radius 1 is 1.43 bits per heavy atom. The topological polar surface area (TPSA) is 34.9 Å². The van der Waals surface area contributed by atoms with Gasteiger partial charge in [-0.25, -0.2) is 4.98 Å². The van der Waals surface area contributed by atoms with Gasteiger partial charge in [0.1, 0.15) is 6.29 Å². The molecule has 0 aromatic carbocycles. The van der Waals surface area contributed by atoms with Gasteiger partial charge in [0.2, 0.25) is 0 Å². The molecule has 0 fully saturated rings. The second kappa shape index (κ2) is 4.94. The minimum atomic E-state index is -0.158. The molecule has 0 radical (unpaired) electrons. The molecule has 1 aromatic rings. The number of carbonyl (C=O) groups is 1. The average Bonchev–Trinajstić information content (AvgIpc) is 2.65. The summed E-state index contributed by atoms with van der Waals surface area (Å²) in [5.74, 6) is 0. The Morgan fingerprint density at radius 2 is 2.21 bits per heavy atom. The van der Waals surface area contributed by atoms with Crippen molar-refractivity contribution in [2.75, 3.05) is 0 Å². The monoisotopic (exact) mass is 194 g/mol. The van der Waals surface area contributed by atoms with E-state index in [-0.39, 0.29) is 5.41 Å². The van der Waals surface area contributed by atoms with Crippen molar-refractivity contribution in [2.24, 2.45) is 5.41 Å². The van der Waals surface area contributed by atoms with E-state index < -0.39 is 0 Å². The van der Waals surface area contributed by atoms with Crippen LogP contribution in [-0.4, -0.2) is 15.8 Å². The van der Waals surface area contributed by atoms with E-state index in [2.05, 4.69) is 9.55 Å². The first-order chi connectivity index (χ1) is 6.64. The van der Waals surface area contributed by atoms with Gasteiger partial charge < -0.3 is 9.36 Å². The van der Waals surface area contributed by atoms with Crippen molar-refractivity contribution in [1.29, 1.82) is 0 Å². The highest BCUT2D eigenvalue weighted by Gasteiger charge is 2.14. The summed E-state index contributed by atoms with van der Waals surface area (Å²) in [6, 6.07) is 0. The zero-order valence-corrected chi connectivity index (χ0v) is 8.94. The van der Waals surface area contributed by atoms with Crippen LogP contribution in [0.5, 0.6) is 0 Å². The van der Waals surface area contributed by atoms with Crippen molar-refractivity contribution in [3.8, 4) is 0 Å². The number of carbonyl (C=O) groups excluding carboxylic acids is 1. The van der Waals surface area contributed by atoms with Gasteiger partial charge in [0.15, 0.2) is 0 Å². The lowest BCUT2D eigenvalue weighted by Gasteiger charge is -2.15. The Bertz CT molecular complexity index is 265. The molecule has 1 rings (SSSR count). The zero-order valence-electron chi connectivity index (χ0n) is 8.94. The maximum Gasteiger partial charge on any atom is 0.125 e. The molecule has 0 saturated carbocycles. The van der Waals surface area contributed by atoms with Gasteiger partial charge in [-0.1, -0.05) is 20.3 Å². The number of aromatic nitrogens is 2. The summed E-state index contributed by atoms with van der Waals surface area (Å²) >= 11 is 0. The van der Waals surface area contributed by atoms with E-state index in [0.717, 1.165) is 32.1 Å². The summed E-state index contributed by atoms with van der Waals surface area (Å²) in [5, 5.41) is 0. The summed E-state index contributed by atoms with van der Waals surface area (Å²) < 4.78 is 2.06. The summed E-state index contributed by atoms with van der Waals surface area (Å²) in [7, 11) is 0. The van der Waals surface area contributed by atoms with Crippen molar-refractivity contribution in [3.05, 3.63) is 18.7 Å². The molecule has 1 aromatic heterocycles. The number of nitrogens with zero attached hydrogens (tertiary/aromatic N) is 2. The number of unbranched alkanes of at least 4 members (excludes halogenated alkanes) is 1. The minimum Gasteiger partial charge on any atom is -0.337 e. The second-order valence-corrected chi connectivity index (χ2v) is 4.36. The predicted molar refractivity (Wildman–Crippen MR) is 55.9 cm³/mol. The smallest absolute Gasteiger partial charge is 0.125 e. The van der Waals surface area contributed by atoms with E-state index in [1.165, 1.54) is 0 Å². The third-order valence-electron chi connectivity index (χ3n) is 2.37. The molecule has 0 saturated heterocycles. The Labute approximate surface area is 85.2 Å². The molecular formula is C11H18N2O. The molecule has 0 bridgehead atoms. The van der Waals surface area contributed by atoms with Gasteiger partial charge in [-0.15, -0.1) is 0 Å². The van der Waals surface area contributed by atoms with Crippen LogP contribution in [0.25, 0.3) is 0 Å². The van der Waals surface area contributed by atoms with E-state index in [0.29, 0.717) is 0 Å². The van der Waals surface area contributed by atoms with Gasteiger partial charge in [-0.2, -0.15) is 0 Å². The third kappa shape index (κ3) is 3.73. The fourth-order valence-corrected chi connectivity index (χ4v) is 1.35. The SMILES string of the molecule is CC(C)(C=O)CCCCn1ccnc1. The Hall–Kier alpha value is -1.12. The van der Waals surface area contributed by atoms with Crippen molar-refractivity contribution < 1.29 is 4.79 Å². The fraction of sp³-hybridized carbons (Fsp3) is 0.636. The number of aldehydes is 1. The molecule has 0 unspecified atom stereocenters. The quantitative estimate of drug-likeness (QED) is 0.514. The number of hydrogen-bond acceptors (Lipinski definition) is 2. The molecule has 0 N–H and O–H groups in total. The van der Waals surface area contributed by atoms with Crippen LogP contribution in [0.3, 0.4) is 0 Å². The summed E-state index contributed by atoms with van der Waals surface area (Å²) in [5.41, 5.74) is -0.158. The van der Waals surface area contributed by atoms with Crippen LogP contribution in [-0.2, 0) is 11.3 Å². The van der Waals surface area contributed by atoms with Gasteiger partial charge >= 0.3 is 0 Å². The van der Waals surface area contributed by atoms with Crippen LogP contribution < -0.4 is 0 Å². The summed E-state index contributed by atoms with van der Waals surface area (Å²) in [6.45, 7) is 4.96. The molecule has 1 heterocycles. The molecule has 0 aliphatic carbocycles. The number of aryl methyl sites for hydroxylation is 1. The van der Waals surface area contributed by atoms with E-state index >= 15 is 0 Å². The first kappa shape index (κ1) is 11.0. The number of hydrogen-bond donors (Lipinski definition) is 0. The van der Waals surface area contributed by atoms with E-state index in [1.54, 1.807) is 6.20 Å². The molecule has 3 heteroatoms. The van der Waals surface area contributed by atoms with Gasteiger partial charge in [0.25, 0.3) is 0 Å². The molecule has 0 aliphatic heterocycles. The third-order valence-corrected chi connectivity index (χ3v) is 2.37. The van der Waals surface area contributed by atoms with Crippen molar-refractivity contribution in [1.82, 2.24) is 9.55 Å². The molecule has 0 atom stereocenters. The average molecular weight is 194 g/mol. The van der Waals surface area contributed by atoms with E-state index in [1.807, 2.05) is 26.4 Å². The molecule has 0 spiro atoms. The lowest BCUT2D eigenvalue weighted by molar-refractivity contribution is -0.115. The molecule has 3 nitrogen and oxygen atoms in total. The highest BCUT2D eigenvalue weighted by molar-refractivity contribution is 5.57. The van der Waals surface area contributed by atoms with Gasteiger partial charge in [0, 0.05) is 24.4 Å². The maximum absolute atomic E-state index is 10.6. The molecule has 14 heavy (non-hydrogen) atoms. The van der Waals surface area contributed by atoms with Crippen LogP contribution in [0.1, 0.15) is 33.1 Å². The fourth-order valence-electron chi connectivity index (χ4n) is 1.35. The molecular weight excluding hydrogens is 176 g/mol. The summed E-state index contributed by atoms with van der Waals surface area (Å²) in [6.07, 6.45) is 9.78. The standard InChI is InChI=1S/C11H18N2O/c1-11(2,9-14)5-3-4-7-13-8-6-12-10-13/h6,8-10H,3-5,7H2,1-2H3. The lowest BCUT2D eigenvalue weighted by atomic mass is 9.89. The lowest BCUT2D eigenvalue weighted by Crippen LogP contribution is -2.12. The number of rotatable bonds is 6. The molecule has 0 amide bonds. The van der Waals surface area contributed by atoms with Crippen molar-refractivity contribution >= 4 is 6.29 Å². The minimum absolute atomic E-state index is 0.158. The maximum atomic E-state index is 10.6. The highest BCUT2D eigenvalue weighted by Crippen LogP contribution is 2.19. The van der Waals surface area contributed by atoms with Crippen LogP contribution in [0.2, 0.25) is 0 Å². The van der Waals surface area contributed by atoms with Crippen molar-refractivity contribution in [2.45, 2.75) is 39.7 Å².